The molecule has 0 atom stereocenters. The maximum atomic E-state index is 3.74. The third kappa shape index (κ3) is 2.28. The zero-order valence-electron chi connectivity index (χ0n) is 4.39. The molecule has 0 radical (unpaired) electrons. The molecule has 4 heteroatoms. The minimum atomic E-state index is 0.930. The van der Waals surface area contributed by atoms with Gasteiger partial charge in [-0.15, -0.1) is 0 Å². The lowest BCUT2D eigenvalue weighted by atomic mass is 10.4. The maximum Gasteiger partial charge on any atom is 0.0644 e. The van der Waals surface area contributed by atoms with Gasteiger partial charge in [0.25, 0.3) is 0 Å². The van der Waals surface area contributed by atoms with Crippen molar-refractivity contribution < 1.29 is 0 Å². The van der Waals surface area contributed by atoms with Crippen molar-refractivity contribution in [2.75, 3.05) is 0 Å². The van der Waals surface area contributed by atoms with E-state index in [1.54, 1.807) is 12.4 Å². The molecule has 1 aromatic rings. The van der Waals surface area contributed by atoms with Crippen LogP contribution < -0.4 is 0 Å². The van der Waals surface area contributed by atoms with Crippen molar-refractivity contribution in [2.45, 2.75) is 0 Å². The first-order chi connectivity index (χ1) is 4.43. The number of hydrogen-bond acceptors (Lipinski definition) is 2. The standard InChI is InChI=1S/C5H3IN2S/c6-9-2-1-5-3-7-8-4-5/h3-4H,(H,7,8). The Morgan fingerprint density at radius 2 is 2.67 bits per heavy atom. The van der Waals surface area contributed by atoms with Gasteiger partial charge < -0.3 is 0 Å². The highest BCUT2D eigenvalue weighted by Crippen LogP contribution is 2.07. The summed E-state index contributed by atoms with van der Waals surface area (Å²) in [6.45, 7) is 0. The van der Waals surface area contributed by atoms with Gasteiger partial charge in [-0.1, -0.05) is 5.92 Å². The number of aromatic amines is 1. The predicted molar refractivity (Wildman–Crippen MR) is 47.1 cm³/mol. The fourth-order valence-electron chi connectivity index (χ4n) is 0.397. The Morgan fingerprint density at radius 1 is 1.78 bits per heavy atom. The highest BCUT2D eigenvalue weighted by atomic mass is 127. The summed E-state index contributed by atoms with van der Waals surface area (Å²) in [5, 5.41) is 9.25. The minimum absolute atomic E-state index is 0.930. The smallest absolute Gasteiger partial charge is 0.0644 e. The van der Waals surface area contributed by atoms with Crippen LogP contribution in [-0.4, -0.2) is 10.2 Å². The monoisotopic (exact) mass is 250 g/mol. The van der Waals surface area contributed by atoms with E-state index in [0.29, 0.717) is 0 Å². The van der Waals surface area contributed by atoms with Crippen LogP contribution in [0.25, 0.3) is 0 Å². The summed E-state index contributed by atoms with van der Waals surface area (Å²) in [5.74, 6) is 2.89. The number of nitrogens with one attached hydrogen (secondary N) is 1. The predicted octanol–water partition coefficient (Wildman–Crippen LogP) is 1.80. The van der Waals surface area contributed by atoms with Crippen molar-refractivity contribution in [3.63, 3.8) is 0 Å². The first kappa shape index (κ1) is 6.96. The van der Waals surface area contributed by atoms with Crippen LogP contribution in [0.5, 0.6) is 0 Å². The quantitative estimate of drug-likeness (QED) is 0.561. The molecular formula is C5H3IN2S. The van der Waals surface area contributed by atoms with Crippen molar-refractivity contribution in [1.82, 2.24) is 10.2 Å². The van der Waals surface area contributed by atoms with Gasteiger partial charge in [-0.3, -0.25) is 5.10 Å². The Hall–Kier alpha value is -0.150. The van der Waals surface area contributed by atoms with E-state index in [1.165, 1.54) is 8.93 Å². The van der Waals surface area contributed by atoms with E-state index < -0.39 is 0 Å². The largest absolute Gasteiger partial charge is 0.284 e. The summed E-state index contributed by atoms with van der Waals surface area (Å²) in [5.41, 5.74) is 0.930. The highest BCUT2D eigenvalue weighted by Gasteiger charge is 1.81. The molecule has 0 saturated heterocycles. The molecule has 0 saturated carbocycles. The van der Waals surface area contributed by atoms with Crippen LogP contribution in [0.15, 0.2) is 12.4 Å². The molecule has 1 heterocycles. The minimum Gasteiger partial charge on any atom is -0.284 e. The van der Waals surface area contributed by atoms with Gasteiger partial charge in [-0.25, -0.2) is 0 Å². The number of hydrogen-bond donors (Lipinski definition) is 1. The van der Waals surface area contributed by atoms with E-state index in [1.807, 2.05) is 0 Å². The Morgan fingerprint density at radius 3 is 3.22 bits per heavy atom. The summed E-state index contributed by atoms with van der Waals surface area (Å²) in [7, 11) is 1.47. The zero-order chi connectivity index (χ0) is 6.53. The Balaban J connectivity index is 2.67. The molecule has 0 unspecified atom stereocenters. The van der Waals surface area contributed by atoms with E-state index in [4.69, 9.17) is 0 Å². The van der Waals surface area contributed by atoms with Crippen molar-refractivity contribution in [3.8, 4) is 11.2 Å². The molecule has 0 bridgehead atoms. The van der Waals surface area contributed by atoms with Gasteiger partial charge in [-0.2, -0.15) is 5.10 Å². The molecule has 1 rings (SSSR count). The fourth-order valence-corrected chi connectivity index (χ4v) is 0.884. The third-order valence-corrected chi connectivity index (χ3v) is 1.57. The van der Waals surface area contributed by atoms with Crippen LogP contribution in [0.4, 0.5) is 0 Å². The van der Waals surface area contributed by atoms with Crippen LogP contribution in [0.2, 0.25) is 0 Å². The summed E-state index contributed by atoms with van der Waals surface area (Å²) >= 11 is 2.12. The molecule has 46 valence electrons. The normalized spacial score (nSPS) is 8.11. The number of H-pyrrole nitrogens is 1. The molecule has 0 aliphatic rings. The molecule has 0 amide bonds. The molecule has 0 aliphatic carbocycles. The van der Waals surface area contributed by atoms with Crippen molar-refractivity contribution >= 4 is 30.1 Å². The van der Waals surface area contributed by atoms with Gasteiger partial charge in [0.15, 0.2) is 0 Å². The van der Waals surface area contributed by atoms with Gasteiger partial charge in [-0.05, 0) is 14.2 Å². The Kier molecular flexibility index (Phi) is 2.94. The van der Waals surface area contributed by atoms with Gasteiger partial charge in [0.1, 0.15) is 0 Å². The Labute approximate surface area is 69.4 Å². The average Bonchev–Trinajstić information content (AvgIpc) is 2.34. The molecule has 1 aromatic heterocycles. The summed E-state index contributed by atoms with van der Waals surface area (Å²) < 4.78 is 0. The lowest BCUT2D eigenvalue weighted by Gasteiger charge is -1.69. The maximum absolute atomic E-state index is 3.74. The fraction of sp³-hybridized carbons (Fsp3) is 0. The molecular weight excluding hydrogens is 247 g/mol. The van der Waals surface area contributed by atoms with Crippen LogP contribution in [0.1, 0.15) is 5.56 Å². The summed E-state index contributed by atoms with van der Waals surface area (Å²) in [6, 6.07) is 0. The second-order valence-electron chi connectivity index (χ2n) is 1.29. The van der Waals surface area contributed by atoms with Crippen LogP contribution in [0, 0.1) is 11.2 Å². The van der Waals surface area contributed by atoms with Gasteiger partial charge in [0, 0.05) is 27.4 Å². The SMILES string of the molecule is ISC#Cc1cn[nH]c1. The van der Waals surface area contributed by atoms with Crippen molar-refractivity contribution in [1.29, 1.82) is 0 Å². The number of halogens is 1. The van der Waals surface area contributed by atoms with Gasteiger partial charge >= 0.3 is 0 Å². The van der Waals surface area contributed by atoms with Gasteiger partial charge in [0.05, 0.1) is 11.8 Å². The molecule has 2 nitrogen and oxygen atoms in total. The topological polar surface area (TPSA) is 28.7 Å². The number of aromatic nitrogens is 2. The number of nitrogens with zero attached hydrogens (tertiary/aromatic N) is 1. The average molecular weight is 250 g/mol. The molecule has 9 heavy (non-hydrogen) atoms. The van der Waals surface area contributed by atoms with Crippen LogP contribution >= 0.6 is 30.1 Å². The molecule has 0 spiro atoms. The van der Waals surface area contributed by atoms with Crippen molar-refractivity contribution in [3.05, 3.63) is 18.0 Å². The molecule has 0 aromatic carbocycles. The summed E-state index contributed by atoms with van der Waals surface area (Å²) in [4.78, 5) is 0. The van der Waals surface area contributed by atoms with E-state index in [-0.39, 0.29) is 0 Å². The zero-order valence-corrected chi connectivity index (χ0v) is 7.36. The lowest BCUT2D eigenvalue weighted by Crippen LogP contribution is -1.59. The third-order valence-electron chi connectivity index (χ3n) is 0.732. The van der Waals surface area contributed by atoms with Crippen LogP contribution in [0.3, 0.4) is 0 Å². The molecule has 1 N–H and O–H groups in total. The molecule has 0 aliphatic heterocycles. The first-order valence-electron chi connectivity index (χ1n) is 2.21. The van der Waals surface area contributed by atoms with E-state index >= 15 is 0 Å². The second-order valence-corrected chi connectivity index (χ2v) is 2.97. The summed E-state index contributed by atoms with van der Waals surface area (Å²) in [6.07, 6.45) is 3.46. The highest BCUT2D eigenvalue weighted by molar-refractivity contribution is 14.2. The second kappa shape index (κ2) is 3.80. The molecule has 0 fully saturated rings. The van der Waals surface area contributed by atoms with E-state index in [0.717, 1.165) is 5.56 Å². The first-order valence-corrected chi connectivity index (χ1v) is 5.57. The van der Waals surface area contributed by atoms with E-state index in [9.17, 15) is 0 Å². The van der Waals surface area contributed by atoms with E-state index in [2.05, 4.69) is 42.6 Å². The van der Waals surface area contributed by atoms with Crippen molar-refractivity contribution in [2.24, 2.45) is 0 Å². The number of rotatable bonds is 0. The Bertz CT molecular complexity index is 221. The van der Waals surface area contributed by atoms with Gasteiger partial charge in [0.2, 0.25) is 0 Å². The van der Waals surface area contributed by atoms with Crippen LogP contribution in [-0.2, 0) is 0 Å². The lowest BCUT2D eigenvalue weighted by molar-refractivity contribution is 1.09.